The van der Waals surface area contributed by atoms with Crippen molar-refractivity contribution in [3.63, 3.8) is 0 Å². The number of nitrogens with zero attached hydrogens (tertiary/aromatic N) is 1. The van der Waals surface area contributed by atoms with E-state index in [1.807, 2.05) is 18.2 Å². The number of carbonyl (C=O) groups is 2. The smallest absolute Gasteiger partial charge is 0.319 e. The molecule has 1 fully saturated rings. The van der Waals surface area contributed by atoms with Crippen LogP contribution in [0.15, 0.2) is 24.3 Å². The van der Waals surface area contributed by atoms with Gasteiger partial charge < -0.3 is 20.6 Å². The van der Waals surface area contributed by atoms with E-state index in [9.17, 15) is 9.59 Å². The highest BCUT2D eigenvalue weighted by Crippen LogP contribution is 2.22. The highest BCUT2D eigenvalue weighted by atomic mass is 16.4. The van der Waals surface area contributed by atoms with E-state index in [2.05, 4.69) is 21.6 Å². The Balaban J connectivity index is 1.90. The Kier molecular flexibility index (Phi) is 6.06. The number of rotatable bonds is 5. The van der Waals surface area contributed by atoms with Gasteiger partial charge in [0.05, 0.1) is 6.42 Å². The molecule has 2 amide bonds. The molecule has 0 radical (unpaired) electrons. The van der Waals surface area contributed by atoms with Crippen molar-refractivity contribution in [2.24, 2.45) is 0 Å². The molecular weight excluding hydrogens is 282 g/mol. The number of carbonyl (C=O) groups excluding carboxylic acids is 1. The van der Waals surface area contributed by atoms with Crippen molar-refractivity contribution in [2.45, 2.75) is 32.1 Å². The Labute approximate surface area is 130 Å². The second-order valence-corrected chi connectivity index (χ2v) is 5.48. The molecule has 0 bridgehead atoms. The fraction of sp³-hybridized carbons (Fsp3) is 0.500. The number of urea groups is 1. The third-order valence-electron chi connectivity index (χ3n) is 3.70. The van der Waals surface area contributed by atoms with E-state index in [0.29, 0.717) is 0 Å². The molecule has 0 aromatic heterocycles. The zero-order valence-electron chi connectivity index (χ0n) is 12.7. The summed E-state index contributed by atoms with van der Waals surface area (Å²) >= 11 is 0. The maximum atomic E-state index is 11.7. The summed E-state index contributed by atoms with van der Waals surface area (Å²) in [6.07, 6.45) is 4.88. The number of aliphatic carboxylic acids is 1. The summed E-state index contributed by atoms with van der Waals surface area (Å²) in [4.78, 5) is 24.5. The van der Waals surface area contributed by atoms with Crippen LogP contribution in [0.25, 0.3) is 0 Å². The predicted octanol–water partition coefficient (Wildman–Crippen LogP) is 2.66. The first-order valence-electron chi connectivity index (χ1n) is 7.77. The van der Waals surface area contributed by atoms with E-state index >= 15 is 0 Å². The van der Waals surface area contributed by atoms with Gasteiger partial charge in [-0.05, 0) is 31.0 Å². The first-order chi connectivity index (χ1) is 10.6. The second kappa shape index (κ2) is 8.26. The summed E-state index contributed by atoms with van der Waals surface area (Å²) in [5, 5.41) is 13.8. The number of carboxylic acids is 1. The molecule has 0 aliphatic carbocycles. The standard InChI is InChI=1S/C16H23N3O3/c20-15(21)8-9-17-16(22)18-13-6-5-7-14(12-13)19-10-3-1-2-4-11-19/h5-7,12H,1-4,8-11H2,(H,20,21)(H2,17,18,22). The fourth-order valence-corrected chi connectivity index (χ4v) is 2.57. The molecule has 6 heteroatoms. The minimum atomic E-state index is -0.927. The summed E-state index contributed by atoms with van der Waals surface area (Å²) in [5.74, 6) is -0.927. The van der Waals surface area contributed by atoms with Gasteiger partial charge in [-0.3, -0.25) is 4.79 Å². The Bertz CT molecular complexity index is 511. The molecule has 0 atom stereocenters. The van der Waals surface area contributed by atoms with Crippen LogP contribution in [0.3, 0.4) is 0 Å². The number of benzene rings is 1. The van der Waals surface area contributed by atoms with Crippen LogP contribution in [0, 0.1) is 0 Å². The second-order valence-electron chi connectivity index (χ2n) is 5.48. The van der Waals surface area contributed by atoms with Crippen molar-refractivity contribution in [3.8, 4) is 0 Å². The average molecular weight is 305 g/mol. The van der Waals surface area contributed by atoms with Gasteiger partial charge >= 0.3 is 12.0 Å². The van der Waals surface area contributed by atoms with E-state index in [1.54, 1.807) is 0 Å². The van der Waals surface area contributed by atoms with Gasteiger partial charge in [-0.2, -0.15) is 0 Å². The molecular formula is C16H23N3O3. The molecule has 3 N–H and O–H groups in total. The molecule has 22 heavy (non-hydrogen) atoms. The van der Waals surface area contributed by atoms with Gasteiger partial charge in [-0.15, -0.1) is 0 Å². The van der Waals surface area contributed by atoms with Crippen LogP contribution < -0.4 is 15.5 Å². The van der Waals surface area contributed by atoms with E-state index in [4.69, 9.17) is 5.11 Å². The molecule has 0 unspecified atom stereocenters. The summed E-state index contributed by atoms with van der Waals surface area (Å²) in [5.41, 5.74) is 1.83. The number of amides is 2. The Hall–Kier alpha value is -2.24. The molecule has 1 aliphatic rings. The SMILES string of the molecule is O=C(O)CCNC(=O)Nc1cccc(N2CCCCCC2)c1. The van der Waals surface area contributed by atoms with Crippen LogP contribution in [-0.2, 0) is 4.79 Å². The molecule has 1 heterocycles. The summed E-state index contributed by atoms with van der Waals surface area (Å²) in [6.45, 7) is 2.22. The summed E-state index contributed by atoms with van der Waals surface area (Å²) in [6, 6.07) is 7.39. The Morgan fingerprint density at radius 2 is 1.86 bits per heavy atom. The average Bonchev–Trinajstić information content (AvgIpc) is 2.76. The summed E-state index contributed by atoms with van der Waals surface area (Å²) < 4.78 is 0. The number of nitrogens with one attached hydrogen (secondary N) is 2. The molecule has 120 valence electrons. The number of carboxylic acid groups (broad SMARTS) is 1. The molecule has 1 saturated heterocycles. The lowest BCUT2D eigenvalue weighted by atomic mass is 10.2. The predicted molar refractivity (Wildman–Crippen MR) is 86.4 cm³/mol. The van der Waals surface area contributed by atoms with Gasteiger partial charge in [-0.1, -0.05) is 18.9 Å². The fourth-order valence-electron chi connectivity index (χ4n) is 2.57. The molecule has 0 saturated carbocycles. The summed E-state index contributed by atoms with van der Waals surface area (Å²) in [7, 11) is 0. The van der Waals surface area contributed by atoms with Crippen LogP contribution in [-0.4, -0.2) is 36.7 Å². The van der Waals surface area contributed by atoms with Crippen LogP contribution >= 0.6 is 0 Å². The lowest BCUT2D eigenvalue weighted by molar-refractivity contribution is -0.136. The van der Waals surface area contributed by atoms with Gasteiger partial charge in [0.1, 0.15) is 0 Å². The largest absolute Gasteiger partial charge is 0.481 e. The first-order valence-corrected chi connectivity index (χ1v) is 7.77. The first kappa shape index (κ1) is 16.1. The maximum absolute atomic E-state index is 11.7. The maximum Gasteiger partial charge on any atom is 0.319 e. The van der Waals surface area contributed by atoms with Gasteiger partial charge in [0.25, 0.3) is 0 Å². The Morgan fingerprint density at radius 1 is 1.14 bits per heavy atom. The van der Waals surface area contributed by atoms with E-state index in [-0.39, 0.29) is 19.0 Å². The molecule has 1 aliphatic heterocycles. The molecule has 2 rings (SSSR count). The zero-order valence-corrected chi connectivity index (χ0v) is 12.7. The van der Waals surface area contributed by atoms with E-state index in [0.717, 1.165) is 24.5 Å². The molecule has 6 nitrogen and oxygen atoms in total. The van der Waals surface area contributed by atoms with Crippen LogP contribution in [0.2, 0.25) is 0 Å². The van der Waals surface area contributed by atoms with Gasteiger partial charge in [0.15, 0.2) is 0 Å². The highest BCUT2D eigenvalue weighted by molar-refractivity contribution is 5.90. The third-order valence-corrected chi connectivity index (χ3v) is 3.70. The molecule has 1 aromatic rings. The van der Waals surface area contributed by atoms with Gasteiger partial charge in [0.2, 0.25) is 0 Å². The van der Waals surface area contributed by atoms with Crippen molar-refractivity contribution in [1.29, 1.82) is 0 Å². The van der Waals surface area contributed by atoms with Crippen LogP contribution in [0.4, 0.5) is 16.2 Å². The number of hydrogen-bond donors (Lipinski definition) is 3. The van der Waals surface area contributed by atoms with Gasteiger partial charge in [0, 0.05) is 31.0 Å². The van der Waals surface area contributed by atoms with E-state index in [1.165, 1.54) is 25.7 Å². The van der Waals surface area contributed by atoms with Crippen LogP contribution in [0.5, 0.6) is 0 Å². The van der Waals surface area contributed by atoms with Crippen molar-refractivity contribution >= 4 is 23.4 Å². The van der Waals surface area contributed by atoms with Crippen molar-refractivity contribution in [3.05, 3.63) is 24.3 Å². The van der Waals surface area contributed by atoms with Crippen LogP contribution in [0.1, 0.15) is 32.1 Å². The zero-order chi connectivity index (χ0) is 15.8. The quantitative estimate of drug-likeness (QED) is 0.781. The normalized spacial score (nSPS) is 15.0. The Morgan fingerprint density at radius 3 is 2.55 bits per heavy atom. The van der Waals surface area contributed by atoms with Crippen molar-refractivity contribution in [2.75, 3.05) is 29.9 Å². The number of anilines is 2. The van der Waals surface area contributed by atoms with Gasteiger partial charge in [-0.25, -0.2) is 4.79 Å². The number of hydrogen-bond acceptors (Lipinski definition) is 3. The third kappa shape index (κ3) is 5.27. The topological polar surface area (TPSA) is 81.7 Å². The molecule has 0 spiro atoms. The lowest BCUT2D eigenvalue weighted by Gasteiger charge is -2.23. The van der Waals surface area contributed by atoms with Crippen molar-refractivity contribution in [1.82, 2.24) is 5.32 Å². The molecule has 1 aromatic carbocycles. The van der Waals surface area contributed by atoms with E-state index < -0.39 is 5.97 Å². The van der Waals surface area contributed by atoms with Crippen molar-refractivity contribution < 1.29 is 14.7 Å². The minimum absolute atomic E-state index is 0.0821. The lowest BCUT2D eigenvalue weighted by Crippen LogP contribution is -2.30. The monoisotopic (exact) mass is 305 g/mol. The minimum Gasteiger partial charge on any atom is -0.481 e. The highest BCUT2D eigenvalue weighted by Gasteiger charge is 2.11.